The van der Waals surface area contributed by atoms with Crippen LogP contribution in [0.15, 0.2) is 42.6 Å². The number of nitrogens with one attached hydrogen (secondary N) is 2. The highest BCUT2D eigenvalue weighted by atomic mass is 16.5. The molecule has 1 aromatic carbocycles. The molecule has 1 amide bonds. The molecule has 3 rings (SSSR count). The van der Waals surface area contributed by atoms with Crippen LogP contribution in [0.5, 0.6) is 0 Å². The third-order valence-corrected chi connectivity index (χ3v) is 3.63. The smallest absolute Gasteiger partial charge is 0.267 e. The van der Waals surface area contributed by atoms with E-state index in [0.717, 1.165) is 31.9 Å². The first-order valence-electron chi connectivity index (χ1n) is 7.17. The van der Waals surface area contributed by atoms with Crippen LogP contribution in [-0.4, -0.2) is 37.2 Å². The maximum absolute atomic E-state index is 12.0. The molecule has 110 valence electrons. The fourth-order valence-corrected chi connectivity index (χ4v) is 2.52. The number of amides is 1. The van der Waals surface area contributed by atoms with Crippen LogP contribution in [0.2, 0.25) is 0 Å². The zero-order valence-corrected chi connectivity index (χ0v) is 11.8. The summed E-state index contributed by atoms with van der Waals surface area (Å²) in [6.45, 7) is 3.81. The Morgan fingerprint density at radius 3 is 2.76 bits per heavy atom. The van der Waals surface area contributed by atoms with Gasteiger partial charge in [-0.1, -0.05) is 18.2 Å². The quantitative estimate of drug-likeness (QED) is 0.900. The van der Waals surface area contributed by atoms with E-state index < -0.39 is 0 Å². The van der Waals surface area contributed by atoms with Gasteiger partial charge in [0.1, 0.15) is 5.69 Å². The van der Waals surface area contributed by atoms with Crippen LogP contribution in [0.4, 0.5) is 5.69 Å². The van der Waals surface area contributed by atoms with Gasteiger partial charge >= 0.3 is 0 Å². The average Bonchev–Trinajstić information content (AvgIpc) is 3.08. The molecule has 1 aromatic heterocycles. The number of H-pyrrole nitrogens is 1. The first-order chi connectivity index (χ1) is 10.3. The molecule has 2 N–H and O–H groups in total. The summed E-state index contributed by atoms with van der Waals surface area (Å²) in [4.78, 5) is 17.2. The molecule has 5 nitrogen and oxygen atoms in total. The summed E-state index contributed by atoms with van der Waals surface area (Å²) in [5.41, 5.74) is 2.88. The molecule has 0 aliphatic carbocycles. The van der Waals surface area contributed by atoms with Crippen LogP contribution in [-0.2, 0) is 11.3 Å². The molecule has 0 saturated carbocycles. The monoisotopic (exact) mass is 285 g/mol. The van der Waals surface area contributed by atoms with Crippen molar-refractivity contribution in [3.05, 3.63) is 53.9 Å². The molecule has 21 heavy (non-hydrogen) atoms. The Kier molecular flexibility index (Phi) is 4.21. The number of benzene rings is 1. The van der Waals surface area contributed by atoms with Gasteiger partial charge in [-0.25, -0.2) is 0 Å². The van der Waals surface area contributed by atoms with Crippen molar-refractivity contribution in [3.63, 3.8) is 0 Å². The summed E-state index contributed by atoms with van der Waals surface area (Å²) in [7, 11) is 0. The topological polar surface area (TPSA) is 57.4 Å². The molecule has 1 aliphatic rings. The zero-order valence-electron chi connectivity index (χ0n) is 11.8. The number of aromatic amines is 1. The lowest BCUT2D eigenvalue weighted by atomic mass is 10.1. The number of ether oxygens (including phenoxy) is 1. The third-order valence-electron chi connectivity index (χ3n) is 3.63. The van der Waals surface area contributed by atoms with Crippen LogP contribution >= 0.6 is 0 Å². The molecule has 1 aliphatic heterocycles. The summed E-state index contributed by atoms with van der Waals surface area (Å²) in [5.74, 6) is -0.0863. The van der Waals surface area contributed by atoms with E-state index in [9.17, 15) is 4.79 Å². The van der Waals surface area contributed by atoms with Crippen molar-refractivity contribution in [2.75, 3.05) is 31.2 Å². The number of hydrogen-bond acceptors (Lipinski definition) is 3. The van der Waals surface area contributed by atoms with Crippen LogP contribution in [0.3, 0.4) is 0 Å². The van der Waals surface area contributed by atoms with Gasteiger partial charge in [0, 0.05) is 31.5 Å². The van der Waals surface area contributed by atoms with Gasteiger partial charge in [0.05, 0.1) is 13.2 Å². The highest BCUT2D eigenvalue weighted by Crippen LogP contribution is 2.21. The summed E-state index contributed by atoms with van der Waals surface area (Å²) < 4.78 is 5.39. The molecule has 0 spiro atoms. The second-order valence-corrected chi connectivity index (χ2v) is 4.99. The van der Waals surface area contributed by atoms with E-state index in [2.05, 4.69) is 27.3 Å². The van der Waals surface area contributed by atoms with Gasteiger partial charge in [0.25, 0.3) is 5.91 Å². The predicted molar refractivity (Wildman–Crippen MR) is 81.4 cm³/mol. The Morgan fingerprint density at radius 1 is 1.19 bits per heavy atom. The zero-order chi connectivity index (χ0) is 14.5. The summed E-state index contributed by atoms with van der Waals surface area (Å²) in [5, 5.41) is 2.95. The fourth-order valence-electron chi connectivity index (χ4n) is 2.52. The molecule has 0 unspecified atom stereocenters. The minimum absolute atomic E-state index is 0.0863. The van der Waals surface area contributed by atoms with Gasteiger partial charge in [-0.3, -0.25) is 4.79 Å². The van der Waals surface area contributed by atoms with Crippen LogP contribution in [0.25, 0.3) is 0 Å². The summed E-state index contributed by atoms with van der Waals surface area (Å²) >= 11 is 0. The number of nitrogens with zero attached hydrogens (tertiary/aromatic N) is 1. The maximum Gasteiger partial charge on any atom is 0.267 e. The van der Waals surface area contributed by atoms with Crippen molar-refractivity contribution < 1.29 is 9.53 Å². The molecule has 1 saturated heterocycles. The van der Waals surface area contributed by atoms with E-state index in [1.165, 1.54) is 5.69 Å². The standard InChI is InChI=1S/C16H19N3O2/c20-16(14-5-3-7-17-14)18-12-13-4-1-2-6-15(13)19-8-10-21-11-9-19/h1-7,17H,8-12H2,(H,18,20). The number of hydrogen-bond donors (Lipinski definition) is 2. The third kappa shape index (κ3) is 3.25. The highest BCUT2D eigenvalue weighted by Gasteiger charge is 2.15. The molecule has 2 heterocycles. The molecule has 0 radical (unpaired) electrons. The molecule has 0 atom stereocenters. The Labute approximate surface area is 123 Å². The molecule has 1 fully saturated rings. The number of para-hydroxylation sites is 1. The van der Waals surface area contributed by atoms with Crippen LogP contribution in [0.1, 0.15) is 16.1 Å². The highest BCUT2D eigenvalue weighted by molar-refractivity contribution is 5.92. The Bertz CT molecular complexity index is 589. The summed E-state index contributed by atoms with van der Waals surface area (Å²) in [6.07, 6.45) is 1.75. The number of aromatic nitrogens is 1. The van der Waals surface area contributed by atoms with E-state index in [1.807, 2.05) is 18.2 Å². The molecule has 5 heteroatoms. The Hall–Kier alpha value is -2.27. The Morgan fingerprint density at radius 2 is 2.00 bits per heavy atom. The molecule has 0 bridgehead atoms. The minimum Gasteiger partial charge on any atom is -0.378 e. The van der Waals surface area contributed by atoms with Crippen LogP contribution < -0.4 is 10.2 Å². The molecular weight excluding hydrogens is 266 g/mol. The fraction of sp³-hybridized carbons (Fsp3) is 0.312. The lowest BCUT2D eigenvalue weighted by Gasteiger charge is -2.30. The van der Waals surface area contributed by atoms with Crippen molar-refractivity contribution in [1.29, 1.82) is 0 Å². The van der Waals surface area contributed by atoms with E-state index in [-0.39, 0.29) is 5.91 Å². The average molecular weight is 285 g/mol. The normalized spacial score (nSPS) is 15.0. The second-order valence-electron chi connectivity index (χ2n) is 4.99. The molecular formula is C16H19N3O2. The number of carbonyl (C=O) groups is 1. The van der Waals surface area contributed by atoms with E-state index in [1.54, 1.807) is 12.3 Å². The SMILES string of the molecule is O=C(NCc1ccccc1N1CCOCC1)c1ccc[nH]1. The largest absolute Gasteiger partial charge is 0.378 e. The molecule has 2 aromatic rings. The van der Waals surface area contributed by atoms with Crippen molar-refractivity contribution in [2.24, 2.45) is 0 Å². The van der Waals surface area contributed by atoms with Gasteiger partial charge in [0.15, 0.2) is 0 Å². The Balaban J connectivity index is 1.69. The van der Waals surface area contributed by atoms with Crippen molar-refractivity contribution >= 4 is 11.6 Å². The lowest BCUT2D eigenvalue weighted by Crippen LogP contribution is -2.37. The van der Waals surface area contributed by atoms with Gasteiger partial charge in [0.2, 0.25) is 0 Å². The van der Waals surface area contributed by atoms with Gasteiger partial charge in [-0.05, 0) is 23.8 Å². The second kappa shape index (κ2) is 6.45. The number of anilines is 1. The van der Waals surface area contributed by atoms with Gasteiger partial charge in [-0.15, -0.1) is 0 Å². The van der Waals surface area contributed by atoms with E-state index in [0.29, 0.717) is 12.2 Å². The van der Waals surface area contributed by atoms with Crippen molar-refractivity contribution in [2.45, 2.75) is 6.54 Å². The van der Waals surface area contributed by atoms with Crippen LogP contribution in [0, 0.1) is 0 Å². The van der Waals surface area contributed by atoms with Gasteiger partial charge < -0.3 is 19.9 Å². The van der Waals surface area contributed by atoms with E-state index in [4.69, 9.17) is 4.74 Å². The lowest BCUT2D eigenvalue weighted by molar-refractivity contribution is 0.0946. The minimum atomic E-state index is -0.0863. The first kappa shape index (κ1) is 13.7. The first-order valence-corrected chi connectivity index (χ1v) is 7.17. The van der Waals surface area contributed by atoms with Crippen molar-refractivity contribution in [1.82, 2.24) is 10.3 Å². The number of morpholine rings is 1. The predicted octanol–water partition coefficient (Wildman–Crippen LogP) is 1.78. The van der Waals surface area contributed by atoms with Gasteiger partial charge in [-0.2, -0.15) is 0 Å². The number of carbonyl (C=O) groups excluding carboxylic acids is 1. The number of rotatable bonds is 4. The van der Waals surface area contributed by atoms with E-state index >= 15 is 0 Å². The maximum atomic E-state index is 12.0. The summed E-state index contributed by atoms with van der Waals surface area (Å²) in [6, 6.07) is 11.8. The van der Waals surface area contributed by atoms with Crippen molar-refractivity contribution in [3.8, 4) is 0 Å².